The molecule has 0 amide bonds. The third-order valence-electron chi connectivity index (χ3n) is 2.94. The summed E-state index contributed by atoms with van der Waals surface area (Å²) in [6.07, 6.45) is 5.41. The second-order valence-corrected chi connectivity index (χ2v) is 4.50. The standard InChI is InChI=1S/C12H19N3O2/c1-2-8-17-10-4-7-13-11(15-10)14-9-12(16)5-3-6-12/h4,7,16H,2-3,5-6,8-9H2,1H3,(H,13,14,15). The van der Waals surface area contributed by atoms with Gasteiger partial charge in [-0.15, -0.1) is 0 Å². The molecule has 17 heavy (non-hydrogen) atoms. The van der Waals surface area contributed by atoms with Crippen molar-refractivity contribution in [3.8, 4) is 5.88 Å². The SMILES string of the molecule is CCCOc1ccnc(NCC2(O)CCC2)n1. The van der Waals surface area contributed by atoms with Crippen molar-refractivity contribution in [3.63, 3.8) is 0 Å². The van der Waals surface area contributed by atoms with E-state index in [9.17, 15) is 5.11 Å². The maximum Gasteiger partial charge on any atom is 0.226 e. The van der Waals surface area contributed by atoms with Gasteiger partial charge in [-0.25, -0.2) is 4.98 Å². The highest BCUT2D eigenvalue weighted by Gasteiger charge is 2.34. The Hall–Kier alpha value is -1.36. The van der Waals surface area contributed by atoms with E-state index in [1.54, 1.807) is 12.3 Å². The Morgan fingerprint density at radius 3 is 3.00 bits per heavy atom. The molecule has 0 saturated heterocycles. The summed E-state index contributed by atoms with van der Waals surface area (Å²) >= 11 is 0. The molecule has 1 heterocycles. The minimum atomic E-state index is -0.566. The second kappa shape index (κ2) is 5.31. The molecule has 2 N–H and O–H groups in total. The van der Waals surface area contributed by atoms with E-state index in [0.29, 0.717) is 25.0 Å². The van der Waals surface area contributed by atoms with E-state index in [4.69, 9.17) is 4.74 Å². The first-order valence-electron chi connectivity index (χ1n) is 6.14. The van der Waals surface area contributed by atoms with Crippen LogP contribution in [0.1, 0.15) is 32.6 Å². The third-order valence-corrected chi connectivity index (χ3v) is 2.94. The summed E-state index contributed by atoms with van der Waals surface area (Å²) in [6, 6.07) is 1.74. The summed E-state index contributed by atoms with van der Waals surface area (Å²) in [5, 5.41) is 13.0. The van der Waals surface area contributed by atoms with Crippen LogP contribution in [0.15, 0.2) is 12.3 Å². The summed E-state index contributed by atoms with van der Waals surface area (Å²) < 4.78 is 5.41. The molecule has 0 radical (unpaired) electrons. The van der Waals surface area contributed by atoms with E-state index in [-0.39, 0.29) is 0 Å². The van der Waals surface area contributed by atoms with Gasteiger partial charge >= 0.3 is 0 Å². The van der Waals surface area contributed by atoms with Crippen LogP contribution in [0, 0.1) is 0 Å². The smallest absolute Gasteiger partial charge is 0.226 e. The Balaban J connectivity index is 1.87. The molecular weight excluding hydrogens is 218 g/mol. The molecule has 0 aromatic carbocycles. The van der Waals surface area contributed by atoms with E-state index in [0.717, 1.165) is 25.7 Å². The van der Waals surface area contributed by atoms with Crippen molar-refractivity contribution in [2.75, 3.05) is 18.5 Å². The molecule has 1 aromatic rings. The van der Waals surface area contributed by atoms with E-state index in [1.807, 2.05) is 6.92 Å². The van der Waals surface area contributed by atoms with Crippen molar-refractivity contribution in [2.45, 2.75) is 38.2 Å². The Morgan fingerprint density at radius 1 is 1.53 bits per heavy atom. The van der Waals surface area contributed by atoms with Crippen molar-refractivity contribution >= 4 is 5.95 Å². The molecular formula is C12H19N3O2. The van der Waals surface area contributed by atoms with Gasteiger partial charge < -0.3 is 15.2 Å². The lowest BCUT2D eigenvalue weighted by Gasteiger charge is -2.36. The molecule has 5 heteroatoms. The van der Waals surface area contributed by atoms with Gasteiger partial charge in [-0.3, -0.25) is 0 Å². The Morgan fingerprint density at radius 2 is 2.35 bits per heavy atom. The minimum absolute atomic E-state index is 0.504. The van der Waals surface area contributed by atoms with E-state index in [2.05, 4.69) is 15.3 Å². The van der Waals surface area contributed by atoms with Crippen LogP contribution in [0.3, 0.4) is 0 Å². The van der Waals surface area contributed by atoms with Gasteiger partial charge in [0, 0.05) is 18.8 Å². The molecule has 0 spiro atoms. The van der Waals surface area contributed by atoms with Gasteiger partial charge in [0.15, 0.2) is 0 Å². The maximum absolute atomic E-state index is 9.93. The zero-order valence-electron chi connectivity index (χ0n) is 10.1. The second-order valence-electron chi connectivity index (χ2n) is 4.50. The molecule has 5 nitrogen and oxygen atoms in total. The van der Waals surface area contributed by atoms with Gasteiger partial charge in [-0.2, -0.15) is 4.98 Å². The fraction of sp³-hybridized carbons (Fsp3) is 0.667. The van der Waals surface area contributed by atoms with Crippen LogP contribution in [0.5, 0.6) is 5.88 Å². The average Bonchev–Trinajstić information content (AvgIpc) is 2.32. The molecule has 94 valence electrons. The van der Waals surface area contributed by atoms with E-state index < -0.39 is 5.60 Å². The third kappa shape index (κ3) is 3.30. The van der Waals surface area contributed by atoms with Gasteiger partial charge in [-0.05, 0) is 25.7 Å². The highest BCUT2D eigenvalue weighted by molar-refractivity contribution is 5.28. The number of anilines is 1. The zero-order chi connectivity index (χ0) is 12.1. The van der Waals surface area contributed by atoms with Gasteiger partial charge in [-0.1, -0.05) is 6.92 Å². The number of aliphatic hydroxyl groups is 1. The number of hydrogen-bond donors (Lipinski definition) is 2. The van der Waals surface area contributed by atoms with Crippen molar-refractivity contribution < 1.29 is 9.84 Å². The van der Waals surface area contributed by atoms with Crippen molar-refractivity contribution in [1.29, 1.82) is 0 Å². The fourth-order valence-corrected chi connectivity index (χ4v) is 1.72. The molecule has 0 atom stereocenters. The lowest BCUT2D eigenvalue weighted by Crippen LogP contribution is -2.43. The van der Waals surface area contributed by atoms with Crippen molar-refractivity contribution in [1.82, 2.24) is 9.97 Å². The quantitative estimate of drug-likeness (QED) is 0.786. The molecule has 1 aliphatic rings. The number of nitrogens with zero attached hydrogens (tertiary/aromatic N) is 2. The topological polar surface area (TPSA) is 67.3 Å². The van der Waals surface area contributed by atoms with E-state index >= 15 is 0 Å². The molecule has 0 unspecified atom stereocenters. The van der Waals surface area contributed by atoms with Crippen molar-refractivity contribution in [2.24, 2.45) is 0 Å². The van der Waals surface area contributed by atoms with Crippen LogP contribution in [-0.4, -0.2) is 33.8 Å². The molecule has 1 saturated carbocycles. The maximum atomic E-state index is 9.93. The number of aromatic nitrogens is 2. The zero-order valence-corrected chi connectivity index (χ0v) is 10.1. The van der Waals surface area contributed by atoms with Crippen LogP contribution in [0.25, 0.3) is 0 Å². The summed E-state index contributed by atoms with van der Waals surface area (Å²) in [7, 11) is 0. The highest BCUT2D eigenvalue weighted by Crippen LogP contribution is 2.31. The molecule has 1 fully saturated rings. The van der Waals surface area contributed by atoms with Gasteiger partial charge in [0.25, 0.3) is 0 Å². The van der Waals surface area contributed by atoms with Gasteiger partial charge in [0.2, 0.25) is 11.8 Å². The van der Waals surface area contributed by atoms with E-state index in [1.165, 1.54) is 0 Å². The lowest BCUT2D eigenvalue weighted by molar-refractivity contribution is -0.0203. The van der Waals surface area contributed by atoms with Crippen LogP contribution < -0.4 is 10.1 Å². The summed E-state index contributed by atoms with van der Waals surface area (Å²) in [6.45, 7) is 3.21. The summed E-state index contributed by atoms with van der Waals surface area (Å²) in [4.78, 5) is 8.31. The van der Waals surface area contributed by atoms with Crippen molar-refractivity contribution in [3.05, 3.63) is 12.3 Å². The average molecular weight is 237 g/mol. The Bertz CT molecular complexity index is 367. The molecule has 1 aliphatic carbocycles. The number of hydrogen-bond acceptors (Lipinski definition) is 5. The molecule has 2 rings (SSSR count). The lowest BCUT2D eigenvalue weighted by atomic mass is 9.80. The van der Waals surface area contributed by atoms with Crippen LogP contribution in [0.2, 0.25) is 0 Å². The van der Waals surface area contributed by atoms with Crippen LogP contribution in [-0.2, 0) is 0 Å². The first-order valence-corrected chi connectivity index (χ1v) is 6.14. The first kappa shape index (κ1) is 12.1. The highest BCUT2D eigenvalue weighted by atomic mass is 16.5. The molecule has 0 aliphatic heterocycles. The molecule has 0 bridgehead atoms. The minimum Gasteiger partial charge on any atom is -0.478 e. The largest absolute Gasteiger partial charge is 0.478 e. The summed E-state index contributed by atoms with van der Waals surface area (Å²) in [5.41, 5.74) is -0.566. The van der Waals surface area contributed by atoms with Gasteiger partial charge in [0.05, 0.1) is 12.2 Å². The summed E-state index contributed by atoms with van der Waals surface area (Å²) in [5.74, 6) is 1.09. The Kier molecular flexibility index (Phi) is 3.78. The predicted molar refractivity (Wildman–Crippen MR) is 65.1 cm³/mol. The number of rotatable bonds is 6. The van der Waals surface area contributed by atoms with Crippen LogP contribution >= 0.6 is 0 Å². The fourth-order valence-electron chi connectivity index (χ4n) is 1.72. The molecule has 1 aromatic heterocycles. The van der Waals surface area contributed by atoms with Gasteiger partial charge in [0.1, 0.15) is 0 Å². The number of nitrogens with one attached hydrogen (secondary N) is 1. The first-order chi connectivity index (χ1) is 8.22. The predicted octanol–water partition coefficient (Wildman–Crippen LogP) is 1.59. The number of ether oxygens (including phenoxy) is 1. The van der Waals surface area contributed by atoms with Crippen LogP contribution in [0.4, 0.5) is 5.95 Å². The monoisotopic (exact) mass is 237 g/mol. The Labute approximate surface area is 101 Å². The normalized spacial score (nSPS) is 17.3.